The maximum atomic E-state index is 13.3. The van der Waals surface area contributed by atoms with Gasteiger partial charge in [-0.15, -0.1) is 0 Å². The first-order valence-corrected chi connectivity index (χ1v) is 16.9. The van der Waals surface area contributed by atoms with Crippen LogP contribution in [0.5, 0.6) is 11.5 Å². The van der Waals surface area contributed by atoms with Gasteiger partial charge in [0.25, 0.3) is 0 Å². The summed E-state index contributed by atoms with van der Waals surface area (Å²) < 4.78 is 27.5. The standard InChI is InChI=1S/C36H50O15/c1-4-20(3)36(46,35(45)47-18-22-9-13-24(14-10-22)49-34-32(44)30(42)28(40)26(17-38)51-34)15-19(2)5-6-21-7-11-23(12-8-21)48-33-31(43)29(41)27(39)25(16-37)50-33/h7-14,20,25-34,37-44,46H,2,4-6,15-18H2,1,3H3/t20-,25-,26-,27-,28-,29+,30+,31-,32-,33+,34+,36-/m1/s1. The van der Waals surface area contributed by atoms with Gasteiger partial charge < -0.3 is 69.6 Å². The van der Waals surface area contributed by atoms with Crippen molar-refractivity contribution in [1.29, 1.82) is 0 Å². The van der Waals surface area contributed by atoms with Crippen molar-refractivity contribution >= 4 is 5.97 Å². The third-order valence-electron chi connectivity index (χ3n) is 9.49. The zero-order valence-electron chi connectivity index (χ0n) is 28.6. The van der Waals surface area contributed by atoms with Crippen molar-refractivity contribution in [1.82, 2.24) is 0 Å². The molecule has 4 rings (SSSR count). The van der Waals surface area contributed by atoms with Crippen molar-refractivity contribution in [2.75, 3.05) is 13.2 Å². The van der Waals surface area contributed by atoms with Gasteiger partial charge in [-0.05, 0) is 54.2 Å². The predicted octanol–water partition coefficient (Wildman–Crippen LogP) is -0.556. The number of esters is 1. The first-order valence-electron chi connectivity index (χ1n) is 16.9. The number of ether oxygens (including phenoxy) is 5. The molecule has 0 aromatic heterocycles. The van der Waals surface area contributed by atoms with E-state index in [2.05, 4.69) is 6.58 Å². The minimum atomic E-state index is -1.83. The molecule has 0 unspecified atom stereocenters. The normalized spacial score (nSPS) is 31.3. The van der Waals surface area contributed by atoms with E-state index in [-0.39, 0.29) is 18.8 Å². The molecule has 15 heteroatoms. The van der Waals surface area contributed by atoms with Gasteiger partial charge in [-0.1, -0.05) is 56.7 Å². The van der Waals surface area contributed by atoms with E-state index in [1.54, 1.807) is 43.3 Å². The molecule has 0 saturated carbocycles. The van der Waals surface area contributed by atoms with Crippen molar-refractivity contribution in [3.63, 3.8) is 0 Å². The highest BCUT2D eigenvalue weighted by atomic mass is 16.7. The fourth-order valence-corrected chi connectivity index (χ4v) is 5.85. The Kier molecular flexibility index (Phi) is 14.3. The van der Waals surface area contributed by atoms with E-state index in [1.165, 1.54) is 12.1 Å². The van der Waals surface area contributed by atoms with Crippen molar-refractivity contribution < 1.29 is 74.4 Å². The molecule has 2 aromatic carbocycles. The van der Waals surface area contributed by atoms with Crippen molar-refractivity contribution in [3.05, 3.63) is 71.8 Å². The van der Waals surface area contributed by atoms with Gasteiger partial charge >= 0.3 is 5.97 Å². The van der Waals surface area contributed by atoms with Crippen LogP contribution in [0.3, 0.4) is 0 Å². The SMILES string of the molecule is C=C(CCc1ccc(O[C@H]2O[C@H](CO)[C@@H](O)[C@H](O)[C@H]2O)cc1)C[C@](O)(C(=O)OCc1ccc(O[C@H]2O[C@H](CO)[C@@H](O)[C@H](O)[C@H]2O)cc1)[C@H](C)CC. The molecule has 2 saturated heterocycles. The van der Waals surface area contributed by atoms with Crippen LogP contribution < -0.4 is 9.47 Å². The first-order chi connectivity index (χ1) is 24.2. The van der Waals surface area contributed by atoms with Gasteiger partial charge in [0.2, 0.25) is 12.6 Å². The second-order valence-corrected chi connectivity index (χ2v) is 13.2. The predicted molar refractivity (Wildman–Crippen MR) is 178 cm³/mol. The van der Waals surface area contributed by atoms with Crippen molar-refractivity contribution in [3.8, 4) is 11.5 Å². The smallest absolute Gasteiger partial charge is 0.339 e. The number of carbonyl (C=O) groups excluding carboxylic acids is 1. The lowest BCUT2D eigenvalue weighted by Gasteiger charge is -2.39. The highest BCUT2D eigenvalue weighted by Crippen LogP contribution is 2.32. The maximum Gasteiger partial charge on any atom is 0.339 e. The second-order valence-electron chi connectivity index (χ2n) is 13.2. The van der Waals surface area contributed by atoms with E-state index in [0.717, 1.165) is 5.56 Å². The average molecular weight is 723 g/mol. The fourth-order valence-electron chi connectivity index (χ4n) is 5.85. The van der Waals surface area contributed by atoms with Gasteiger partial charge in [0.05, 0.1) is 13.2 Å². The van der Waals surface area contributed by atoms with Gasteiger partial charge in [0.15, 0.2) is 5.60 Å². The van der Waals surface area contributed by atoms with Gasteiger partial charge in [-0.2, -0.15) is 0 Å². The van der Waals surface area contributed by atoms with Crippen LogP contribution in [0.15, 0.2) is 60.7 Å². The molecule has 0 amide bonds. The number of hydrogen-bond donors (Lipinski definition) is 9. The van der Waals surface area contributed by atoms with Crippen LogP contribution in [0.1, 0.15) is 44.2 Å². The molecule has 2 aliphatic heterocycles. The van der Waals surface area contributed by atoms with Gasteiger partial charge in [-0.3, -0.25) is 0 Å². The Balaban J connectivity index is 1.28. The van der Waals surface area contributed by atoms with Crippen LogP contribution in [-0.2, 0) is 32.0 Å². The van der Waals surface area contributed by atoms with E-state index in [4.69, 9.17) is 23.7 Å². The number of benzene rings is 2. The zero-order valence-corrected chi connectivity index (χ0v) is 28.6. The van der Waals surface area contributed by atoms with Crippen molar-refractivity contribution in [2.24, 2.45) is 5.92 Å². The lowest BCUT2D eigenvalue weighted by atomic mass is 9.81. The fraction of sp³-hybridized carbons (Fsp3) is 0.583. The molecular formula is C36H50O15. The molecule has 284 valence electrons. The van der Waals surface area contributed by atoms with E-state index in [0.29, 0.717) is 36.1 Å². The molecule has 0 spiro atoms. The van der Waals surface area contributed by atoms with Crippen LogP contribution in [0.2, 0.25) is 0 Å². The summed E-state index contributed by atoms with van der Waals surface area (Å²) in [6.45, 7) is 6.40. The highest BCUT2D eigenvalue weighted by molar-refractivity contribution is 5.80. The summed E-state index contributed by atoms with van der Waals surface area (Å²) in [5.74, 6) is -0.672. The second kappa shape index (κ2) is 18.0. The molecule has 2 heterocycles. The van der Waals surface area contributed by atoms with Crippen molar-refractivity contribution in [2.45, 2.75) is 113 Å². The summed E-state index contributed by atoms with van der Waals surface area (Å²) in [6.07, 6.45) is -12.6. The summed E-state index contributed by atoms with van der Waals surface area (Å²) in [7, 11) is 0. The summed E-state index contributed by atoms with van der Waals surface area (Å²) in [6, 6.07) is 13.1. The van der Waals surface area contributed by atoms with Crippen LogP contribution >= 0.6 is 0 Å². The van der Waals surface area contributed by atoms with Gasteiger partial charge in [0, 0.05) is 6.42 Å². The quantitative estimate of drug-likeness (QED) is 0.0779. The third kappa shape index (κ3) is 9.82. The number of rotatable bonds is 16. The lowest BCUT2D eigenvalue weighted by molar-refractivity contribution is -0.277. The van der Waals surface area contributed by atoms with Crippen LogP contribution in [0.25, 0.3) is 0 Å². The molecule has 9 N–H and O–H groups in total. The number of hydrogen-bond acceptors (Lipinski definition) is 15. The van der Waals surface area contributed by atoms with E-state index >= 15 is 0 Å². The number of aryl methyl sites for hydroxylation is 1. The molecule has 51 heavy (non-hydrogen) atoms. The molecule has 2 aromatic rings. The summed E-state index contributed by atoms with van der Waals surface area (Å²) >= 11 is 0. The zero-order chi connectivity index (χ0) is 37.5. The van der Waals surface area contributed by atoms with E-state index < -0.39 is 92.1 Å². The summed E-state index contributed by atoms with van der Waals surface area (Å²) in [5, 5.41) is 90.6. The van der Waals surface area contributed by atoms with Gasteiger partial charge in [-0.25, -0.2) is 4.79 Å². The van der Waals surface area contributed by atoms with E-state index in [1.807, 2.05) is 6.92 Å². The Hall–Kier alpha value is -3.19. The molecule has 0 aliphatic carbocycles. The number of aliphatic hydroxyl groups excluding tert-OH is 8. The Morgan fingerprint density at radius 2 is 1.22 bits per heavy atom. The third-order valence-corrected chi connectivity index (χ3v) is 9.49. The lowest BCUT2D eigenvalue weighted by Crippen LogP contribution is -2.60. The number of aliphatic hydroxyl groups is 9. The minimum absolute atomic E-state index is 0.0228. The molecule has 15 nitrogen and oxygen atoms in total. The van der Waals surface area contributed by atoms with Crippen LogP contribution in [0.4, 0.5) is 0 Å². The van der Waals surface area contributed by atoms with E-state index in [9.17, 15) is 50.8 Å². The molecule has 2 aliphatic rings. The number of carbonyl (C=O) groups is 1. The van der Waals surface area contributed by atoms with Crippen LogP contribution in [-0.4, -0.2) is 132 Å². The molecule has 0 bridgehead atoms. The summed E-state index contributed by atoms with van der Waals surface area (Å²) in [4.78, 5) is 13.3. The van der Waals surface area contributed by atoms with Gasteiger partial charge in [0.1, 0.15) is 66.9 Å². The monoisotopic (exact) mass is 722 g/mol. The molecule has 2 fully saturated rings. The summed E-state index contributed by atoms with van der Waals surface area (Å²) in [5.41, 5.74) is 0.270. The molecule has 12 atom stereocenters. The maximum absolute atomic E-state index is 13.3. The Morgan fingerprint density at radius 3 is 1.65 bits per heavy atom. The average Bonchev–Trinajstić information content (AvgIpc) is 3.13. The Morgan fingerprint density at radius 1 is 0.765 bits per heavy atom. The Labute approximate surface area is 295 Å². The largest absolute Gasteiger partial charge is 0.462 e. The molecule has 0 radical (unpaired) electrons. The first kappa shape index (κ1) is 40.6. The highest BCUT2D eigenvalue weighted by Gasteiger charge is 2.46. The topological polar surface area (TPSA) is 245 Å². The minimum Gasteiger partial charge on any atom is -0.462 e. The molecular weight excluding hydrogens is 672 g/mol. The Bertz CT molecular complexity index is 1400. The van der Waals surface area contributed by atoms with Crippen LogP contribution in [0, 0.1) is 5.92 Å².